The van der Waals surface area contributed by atoms with Crippen molar-refractivity contribution in [2.45, 2.75) is 12.8 Å². The fraction of sp³-hybridized carbons (Fsp3) is 0.250. The van der Waals surface area contributed by atoms with Gasteiger partial charge in [-0.3, -0.25) is 0 Å². The van der Waals surface area contributed by atoms with Gasteiger partial charge in [0.1, 0.15) is 0 Å². The van der Waals surface area contributed by atoms with E-state index in [1.807, 2.05) is 18.3 Å². The van der Waals surface area contributed by atoms with Crippen LogP contribution in [0.15, 0.2) is 18.3 Å². The van der Waals surface area contributed by atoms with Crippen LogP contribution in [0.1, 0.15) is 12.0 Å². The van der Waals surface area contributed by atoms with Crippen LogP contribution in [-0.4, -0.2) is 11.8 Å². The molecule has 0 amide bonds. The van der Waals surface area contributed by atoms with E-state index in [-0.39, 0.29) is 6.79 Å². The number of rotatable bonds is 2. The fourth-order valence-electron chi connectivity index (χ4n) is 1.97. The molecule has 80 valence electrons. The Balaban J connectivity index is 2.09. The van der Waals surface area contributed by atoms with Crippen LogP contribution in [0.25, 0.3) is 10.9 Å². The lowest BCUT2D eigenvalue weighted by molar-refractivity contribution is 0.174. The van der Waals surface area contributed by atoms with E-state index in [0.29, 0.717) is 6.42 Å². The second-order valence-electron chi connectivity index (χ2n) is 3.72. The minimum atomic E-state index is 0.287. The lowest BCUT2D eigenvalue weighted by Crippen LogP contribution is -1.92. The largest absolute Gasteiger partial charge is 0.454 e. The van der Waals surface area contributed by atoms with E-state index in [2.05, 4.69) is 11.1 Å². The highest BCUT2D eigenvalue weighted by Crippen LogP contribution is 2.36. The Morgan fingerprint density at radius 3 is 2.94 bits per heavy atom. The number of aryl methyl sites for hydroxylation is 1. The van der Waals surface area contributed by atoms with E-state index in [4.69, 9.17) is 14.7 Å². The lowest BCUT2D eigenvalue weighted by Gasteiger charge is -1.98. The summed E-state index contributed by atoms with van der Waals surface area (Å²) in [7, 11) is 0. The number of aromatic nitrogens is 1. The van der Waals surface area contributed by atoms with Crippen LogP contribution in [0.5, 0.6) is 11.5 Å². The highest BCUT2D eigenvalue weighted by molar-refractivity contribution is 5.86. The molecule has 0 atom stereocenters. The molecule has 3 rings (SSSR count). The number of H-pyrrole nitrogens is 1. The Morgan fingerprint density at radius 2 is 2.12 bits per heavy atom. The average Bonchev–Trinajstić information content (AvgIpc) is 2.89. The van der Waals surface area contributed by atoms with Gasteiger partial charge in [-0.05, 0) is 18.1 Å². The molecule has 0 aliphatic carbocycles. The molecule has 1 aromatic carbocycles. The van der Waals surface area contributed by atoms with Gasteiger partial charge in [-0.2, -0.15) is 5.26 Å². The molecule has 0 spiro atoms. The maximum absolute atomic E-state index is 8.59. The molecule has 0 saturated heterocycles. The van der Waals surface area contributed by atoms with Gasteiger partial charge in [0.25, 0.3) is 0 Å². The number of fused-ring (bicyclic) bond motifs is 2. The third-order valence-corrected chi connectivity index (χ3v) is 2.77. The molecule has 0 radical (unpaired) electrons. The predicted octanol–water partition coefficient (Wildman–Crippen LogP) is 2.35. The van der Waals surface area contributed by atoms with E-state index in [1.165, 1.54) is 0 Å². The SMILES string of the molecule is N#CCCc1c[nH]c2cc3c(cc12)OCO3. The zero-order chi connectivity index (χ0) is 11.0. The minimum absolute atomic E-state index is 0.287. The molecule has 16 heavy (non-hydrogen) atoms. The van der Waals surface area contributed by atoms with Crippen molar-refractivity contribution < 1.29 is 9.47 Å². The van der Waals surface area contributed by atoms with Crippen LogP contribution in [-0.2, 0) is 6.42 Å². The number of ether oxygens (including phenoxy) is 2. The monoisotopic (exact) mass is 214 g/mol. The fourth-order valence-corrected chi connectivity index (χ4v) is 1.97. The molecule has 0 fully saturated rings. The summed E-state index contributed by atoms with van der Waals surface area (Å²) in [6.45, 7) is 0.287. The summed E-state index contributed by atoms with van der Waals surface area (Å²) < 4.78 is 10.6. The van der Waals surface area contributed by atoms with Gasteiger partial charge in [0, 0.05) is 29.6 Å². The molecule has 1 aliphatic rings. The summed E-state index contributed by atoms with van der Waals surface area (Å²) in [5.41, 5.74) is 2.17. The molecule has 0 saturated carbocycles. The number of aromatic amines is 1. The summed E-state index contributed by atoms with van der Waals surface area (Å²) in [5, 5.41) is 9.70. The van der Waals surface area contributed by atoms with Gasteiger partial charge in [0.05, 0.1) is 6.07 Å². The number of benzene rings is 1. The Labute approximate surface area is 92.4 Å². The zero-order valence-electron chi connectivity index (χ0n) is 8.62. The van der Waals surface area contributed by atoms with Crippen molar-refractivity contribution in [3.8, 4) is 17.6 Å². The summed E-state index contributed by atoms with van der Waals surface area (Å²) in [6.07, 6.45) is 3.23. The van der Waals surface area contributed by atoms with Gasteiger partial charge in [-0.15, -0.1) is 0 Å². The van der Waals surface area contributed by atoms with E-state index in [1.54, 1.807) is 0 Å². The predicted molar refractivity (Wildman–Crippen MR) is 58.4 cm³/mol. The van der Waals surface area contributed by atoms with Gasteiger partial charge in [-0.1, -0.05) is 0 Å². The van der Waals surface area contributed by atoms with Gasteiger partial charge in [-0.25, -0.2) is 0 Å². The van der Waals surface area contributed by atoms with Gasteiger partial charge in [0.2, 0.25) is 6.79 Å². The third-order valence-electron chi connectivity index (χ3n) is 2.77. The first-order chi connectivity index (χ1) is 7.88. The van der Waals surface area contributed by atoms with Crippen molar-refractivity contribution in [2.75, 3.05) is 6.79 Å². The second-order valence-corrected chi connectivity index (χ2v) is 3.72. The lowest BCUT2D eigenvalue weighted by atomic mass is 10.1. The molecule has 1 N–H and O–H groups in total. The second kappa shape index (κ2) is 3.46. The third kappa shape index (κ3) is 1.29. The molecule has 4 heteroatoms. The van der Waals surface area contributed by atoms with E-state index in [0.717, 1.165) is 34.4 Å². The van der Waals surface area contributed by atoms with Crippen molar-refractivity contribution >= 4 is 10.9 Å². The Hall–Kier alpha value is -2.15. The highest BCUT2D eigenvalue weighted by atomic mass is 16.7. The Bertz CT molecular complexity index is 580. The van der Waals surface area contributed by atoms with Crippen LogP contribution < -0.4 is 9.47 Å². The van der Waals surface area contributed by atoms with Crippen molar-refractivity contribution in [3.63, 3.8) is 0 Å². The number of hydrogen-bond acceptors (Lipinski definition) is 3. The highest BCUT2D eigenvalue weighted by Gasteiger charge is 2.16. The number of nitrogens with zero attached hydrogens (tertiary/aromatic N) is 1. The van der Waals surface area contributed by atoms with Gasteiger partial charge < -0.3 is 14.5 Å². The quantitative estimate of drug-likeness (QED) is 0.834. The average molecular weight is 214 g/mol. The number of nitrogens with one attached hydrogen (secondary N) is 1. The maximum Gasteiger partial charge on any atom is 0.231 e. The molecule has 4 nitrogen and oxygen atoms in total. The number of nitriles is 1. The van der Waals surface area contributed by atoms with Gasteiger partial charge >= 0.3 is 0 Å². The van der Waals surface area contributed by atoms with E-state index < -0.39 is 0 Å². The molecule has 0 bridgehead atoms. The van der Waals surface area contributed by atoms with E-state index in [9.17, 15) is 0 Å². The first kappa shape index (κ1) is 9.10. The standard InChI is InChI=1S/C12H10N2O2/c13-3-1-2-8-6-14-10-5-12-11(4-9(8)10)15-7-16-12/h4-6,14H,1-2,7H2. The van der Waals surface area contributed by atoms with Crippen LogP contribution in [0.2, 0.25) is 0 Å². The Kier molecular flexibility index (Phi) is 1.97. The summed E-state index contributed by atoms with van der Waals surface area (Å²) in [5.74, 6) is 1.56. The van der Waals surface area contributed by atoms with Crippen molar-refractivity contribution in [3.05, 3.63) is 23.9 Å². The van der Waals surface area contributed by atoms with Crippen LogP contribution in [0, 0.1) is 11.3 Å². The summed E-state index contributed by atoms with van der Waals surface area (Å²) in [4.78, 5) is 3.18. The van der Waals surface area contributed by atoms with Crippen molar-refractivity contribution in [1.82, 2.24) is 4.98 Å². The normalized spacial score (nSPS) is 12.9. The van der Waals surface area contributed by atoms with Crippen molar-refractivity contribution in [1.29, 1.82) is 5.26 Å². The topological polar surface area (TPSA) is 58.0 Å². The summed E-state index contributed by atoms with van der Waals surface area (Å²) in [6, 6.07) is 6.06. The molecule has 2 heterocycles. The van der Waals surface area contributed by atoms with Crippen LogP contribution in [0.4, 0.5) is 0 Å². The molecule has 1 aromatic heterocycles. The molecule has 0 unspecified atom stereocenters. The van der Waals surface area contributed by atoms with E-state index >= 15 is 0 Å². The Morgan fingerprint density at radius 1 is 1.31 bits per heavy atom. The molecular formula is C12H10N2O2. The molecular weight excluding hydrogens is 204 g/mol. The zero-order valence-corrected chi connectivity index (χ0v) is 8.62. The van der Waals surface area contributed by atoms with Crippen LogP contribution >= 0.6 is 0 Å². The molecule has 1 aliphatic heterocycles. The summed E-state index contributed by atoms with van der Waals surface area (Å²) >= 11 is 0. The first-order valence-corrected chi connectivity index (χ1v) is 5.15. The maximum atomic E-state index is 8.59. The van der Waals surface area contributed by atoms with Crippen molar-refractivity contribution in [2.24, 2.45) is 0 Å². The number of hydrogen-bond donors (Lipinski definition) is 1. The minimum Gasteiger partial charge on any atom is -0.454 e. The molecule has 2 aromatic rings. The smallest absolute Gasteiger partial charge is 0.231 e. The first-order valence-electron chi connectivity index (χ1n) is 5.15. The van der Waals surface area contributed by atoms with Crippen LogP contribution in [0.3, 0.4) is 0 Å². The van der Waals surface area contributed by atoms with Gasteiger partial charge in [0.15, 0.2) is 11.5 Å².